The van der Waals surface area contributed by atoms with Crippen LogP contribution in [0.4, 0.5) is 8.78 Å². The molecule has 2 rings (SSSR count). The Bertz CT molecular complexity index is 626. The van der Waals surface area contributed by atoms with E-state index in [1.165, 1.54) is 24.3 Å². The molecule has 92 valence electrons. The number of phenolic OH excluding ortho intramolecular Hbond substituents is 1. The van der Waals surface area contributed by atoms with Crippen molar-refractivity contribution in [1.29, 1.82) is 0 Å². The molecular weight excluding hydrogens is 258 g/mol. The number of thiol groups is 1. The van der Waals surface area contributed by atoms with Gasteiger partial charge >= 0.3 is 0 Å². The third kappa shape index (κ3) is 2.36. The second-order valence-electron chi connectivity index (χ2n) is 3.66. The van der Waals surface area contributed by atoms with E-state index in [0.717, 1.165) is 12.1 Å². The van der Waals surface area contributed by atoms with Crippen LogP contribution in [0.15, 0.2) is 36.4 Å². The second-order valence-corrected chi connectivity index (χ2v) is 4.07. The van der Waals surface area contributed by atoms with Gasteiger partial charge in [0.25, 0.3) is 0 Å². The Labute approximate surface area is 107 Å². The number of rotatable bonds is 2. The van der Waals surface area contributed by atoms with Crippen molar-refractivity contribution in [2.24, 2.45) is 0 Å². The van der Waals surface area contributed by atoms with Crippen LogP contribution in [-0.2, 0) is 0 Å². The lowest BCUT2D eigenvalue weighted by atomic mass is 10.0. The molecule has 0 aliphatic carbocycles. The van der Waals surface area contributed by atoms with Crippen LogP contribution >= 0.6 is 12.6 Å². The van der Waals surface area contributed by atoms with Crippen LogP contribution in [0.3, 0.4) is 0 Å². The van der Waals surface area contributed by atoms with E-state index in [9.17, 15) is 18.7 Å². The topological polar surface area (TPSA) is 37.3 Å². The highest BCUT2D eigenvalue weighted by Gasteiger charge is 2.12. The largest absolute Gasteiger partial charge is 0.507 e. The summed E-state index contributed by atoms with van der Waals surface area (Å²) in [6, 6.07) is 7.15. The Kier molecular flexibility index (Phi) is 3.34. The van der Waals surface area contributed by atoms with Crippen LogP contribution in [0.25, 0.3) is 11.1 Å². The number of halogens is 2. The molecule has 0 aliphatic heterocycles. The Morgan fingerprint density at radius 2 is 1.83 bits per heavy atom. The normalized spacial score (nSPS) is 10.4. The molecule has 0 spiro atoms. The maximum absolute atomic E-state index is 13.6. The highest BCUT2D eigenvalue weighted by atomic mass is 32.1. The molecule has 0 saturated heterocycles. The van der Waals surface area contributed by atoms with Crippen LogP contribution in [0, 0.1) is 11.6 Å². The molecule has 2 aromatic rings. The van der Waals surface area contributed by atoms with E-state index in [1.807, 2.05) is 0 Å². The molecule has 0 aliphatic rings. The van der Waals surface area contributed by atoms with Gasteiger partial charge in [-0.15, -0.1) is 12.6 Å². The average Bonchev–Trinajstić information content (AvgIpc) is 2.30. The lowest BCUT2D eigenvalue weighted by Crippen LogP contribution is -1.92. The molecule has 0 bridgehead atoms. The fourth-order valence-corrected chi connectivity index (χ4v) is 1.78. The minimum atomic E-state index is -0.738. The van der Waals surface area contributed by atoms with Crippen molar-refractivity contribution in [2.75, 3.05) is 0 Å². The summed E-state index contributed by atoms with van der Waals surface area (Å²) in [5.41, 5.74) is 0.481. The molecule has 5 heteroatoms. The fourth-order valence-electron chi connectivity index (χ4n) is 1.60. The molecule has 0 atom stereocenters. The first-order valence-electron chi connectivity index (χ1n) is 5.01. The lowest BCUT2D eigenvalue weighted by Gasteiger charge is -2.06. The van der Waals surface area contributed by atoms with Crippen molar-refractivity contribution >= 4 is 17.7 Å². The van der Waals surface area contributed by atoms with Gasteiger partial charge in [0, 0.05) is 11.6 Å². The van der Waals surface area contributed by atoms with Gasteiger partial charge in [0.1, 0.15) is 17.4 Å². The molecule has 0 radical (unpaired) electrons. The zero-order valence-electron chi connectivity index (χ0n) is 9.02. The van der Waals surface area contributed by atoms with Crippen molar-refractivity contribution in [1.82, 2.24) is 0 Å². The molecule has 1 N–H and O–H groups in total. The van der Waals surface area contributed by atoms with E-state index in [4.69, 9.17) is 0 Å². The predicted octanol–water partition coefficient (Wildman–Crippen LogP) is 3.41. The summed E-state index contributed by atoms with van der Waals surface area (Å²) in [5.74, 6) is -1.65. The van der Waals surface area contributed by atoms with Gasteiger partial charge in [-0.05, 0) is 29.8 Å². The highest BCUT2D eigenvalue weighted by molar-refractivity contribution is 7.97. The van der Waals surface area contributed by atoms with Gasteiger partial charge in [0.2, 0.25) is 5.12 Å². The van der Waals surface area contributed by atoms with Crippen molar-refractivity contribution < 1.29 is 18.7 Å². The van der Waals surface area contributed by atoms with Gasteiger partial charge in [-0.3, -0.25) is 4.79 Å². The number of carbonyl (C=O) groups excluding carboxylic acids is 1. The van der Waals surface area contributed by atoms with Crippen LogP contribution in [0.2, 0.25) is 0 Å². The minimum Gasteiger partial charge on any atom is -0.507 e. The summed E-state index contributed by atoms with van der Waals surface area (Å²) in [4.78, 5) is 11.1. The maximum Gasteiger partial charge on any atom is 0.220 e. The Morgan fingerprint density at radius 3 is 2.44 bits per heavy atom. The Hall–Kier alpha value is -1.88. The van der Waals surface area contributed by atoms with E-state index >= 15 is 0 Å². The first-order chi connectivity index (χ1) is 8.49. The number of phenols is 1. The third-order valence-corrected chi connectivity index (χ3v) is 2.71. The predicted molar refractivity (Wildman–Crippen MR) is 66.8 cm³/mol. The van der Waals surface area contributed by atoms with Crippen molar-refractivity contribution in [3.05, 3.63) is 53.6 Å². The van der Waals surface area contributed by atoms with E-state index in [2.05, 4.69) is 12.6 Å². The van der Waals surface area contributed by atoms with Gasteiger partial charge in [0.05, 0.1) is 5.56 Å². The highest BCUT2D eigenvalue weighted by Crippen LogP contribution is 2.28. The van der Waals surface area contributed by atoms with Gasteiger partial charge < -0.3 is 5.11 Å². The summed E-state index contributed by atoms with van der Waals surface area (Å²) in [6.45, 7) is 0. The first-order valence-corrected chi connectivity index (χ1v) is 5.45. The quantitative estimate of drug-likeness (QED) is 0.817. The number of aromatic hydroxyl groups is 1. The SMILES string of the molecule is O=C(S)c1cc(-c2ccc(F)cc2F)ccc1O. The fraction of sp³-hybridized carbons (Fsp3) is 0. The van der Waals surface area contributed by atoms with Crippen LogP contribution in [0.5, 0.6) is 5.75 Å². The zero-order chi connectivity index (χ0) is 13.3. The number of benzene rings is 2. The van der Waals surface area contributed by atoms with Crippen molar-refractivity contribution in [2.45, 2.75) is 0 Å². The molecule has 2 aromatic carbocycles. The van der Waals surface area contributed by atoms with Crippen molar-refractivity contribution in [3.63, 3.8) is 0 Å². The molecule has 0 aromatic heterocycles. The minimum absolute atomic E-state index is 0.0282. The van der Waals surface area contributed by atoms with Gasteiger partial charge in [0.15, 0.2) is 0 Å². The molecular formula is C13H8F2O2S. The van der Waals surface area contributed by atoms with Crippen molar-refractivity contribution in [3.8, 4) is 16.9 Å². The number of hydrogen-bond acceptors (Lipinski definition) is 2. The number of carbonyl (C=O) groups is 1. The second kappa shape index (κ2) is 4.78. The molecule has 0 amide bonds. The Balaban J connectivity index is 2.58. The lowest BCUT2D eigenvalue weighted by molar-refractivity contribution is 0.108. The summed E-state index contributed by atoms with van der Waals surface area (Å²) in [5, 5.41) is 8.81. The maximum atomic E-state index is 13.6. The molecule has 18 heavy (non-hydrogen) atoms. The first kappa shape index (κ1) is 12.6. The van der Waals surface area contributed by atoms with Crippen LogP contribution in [0.1, 0.15) is 10.4 Å². The standard InChI is InChI=1S/C13H8F2O2S/c14-8-2-3-9(11(15)6-8)7-1-4-12(16)10(5-7)13(17)18/h1-6,16H,(H,17,18). The summed E-state index contributed by atoms with van der Waals surface area (Å²) in [7, 11) is 0. The van der Waals surface area contributed by atoms with E-state index < -0.39 is 16.7 Å². The summed E-state index contributed by atoms with van der Waals surface area (Å²) >= 11 is 3.61. The average molecular weight is 266 g/mol. The molecule has 2 nitrogen and oxygen atoms in total. The van der Waals surface area contributed by atoms with Crippen LogP contribution < -0.4 is 0 Å². The van der Waals surface area contributed by atoms with Gasteiger partial charge in [-0.1, -0.05) is 6.07 Å². The summed E-state index contributed by atoms with van der Waals surface area (Å²) in [6.07, 6.45) is 0. The third-order valence-electron chi connectivity index (χ3n) is 2.47. The molecule has 0 unspecified atom stereocenters. The van der Waals surface area contributed by atoms with E-state index in [1.54, 1.807) is 0 Å². The summed E-state index contributed by atoms with van der Waals surface area (Å²) < 4.78 is 26.4. The zero-order valence-corrected chi connectivity index (χ0v) is 9.92. The van der Waals surface area contributed by atoms with E-state index in [-0.39, 0.29) is 16.9 Å². The van der Waals surface area contributed by atoms with E-state index in [0.29, 0.717) is 5.56 Å². The molecule has 0 fully saturated rings. The Morgan fingerprint density at radius 1 is 1.11 bits per heavy atom. The molecule has 0 saturated carbocycles. The van der Waals surface area contributed by atoms with Gasteiger partial charge in [-0.25, -0.2) is 8.78 Å². The monoisotopic (exact) mass is 266 g/mol. The van der Waals surface area contributed by atoms with Gasteiger partial charge in [-0.2, -0.15) is 0 Å². The number of hydrogen-bond donors (Lipinski definition) is 2. The van der Waals surface area contributed by atoms with Crippen LogP contribution in [-0.4, -0.2) is 10.2 Å². The molecule has 0 heterocycles. The smallest absolute Gasteiger partial charge is 0.220 e.